The summed E-state index contributed by atoms with van der Waals surface area (Å²) in [6.07, 6.45) is -0.564. The van der Waals surface area contributed by atoms with Crippen molar-refractivity contribution in [2.75, 3.05) is 11.0 Å². The number of β-amino-alcohol motifs (C(OH)–C–C–N with tert-alkyl or cyclic N) is 1. The molecule has 0 radical (unpaired) electrons. The molecular weight excluding hydrogens is 289 g/mol. The predicted octanol–water partition coefficient (Wildman–Crippen LogP) is -0.532. The van der Waals surface area contributed by atoms with Crippen molar-refractivity contribution in [2.24, 2.45) is 0 Å². The minimum atomic E-state index is -1.05. The number of aliphatic hydroxyl groups is 1. The molecule has 1 fully saturated rings. The van der Waals surface area contributed by atoms with E-state index in [-0.39, 0.29) is 23.3 Å². The zero-order valence-corrected chi connectivity index (χ0v) is 8.97. The lowest BCUT2D eigenvalue weighted by Gasteiger charge is -2.19. The third-order valence-electron chi connectivity index (χ3n) is 2.00. The van der Waals surface area contributed by atoms with E-state index in [0.29, 0.717) is 0 Å². The van der Waals surface area contributed by atoms with E-state index < -0.39 is 18.1 Å². The molecule has 0 spiro atoms. The minimum absolute atomic E-state index is 0.137. The van der Waals surface area contributed by atoms with Crippen molar-refractivity contribution in [2.45, 2.75) is 18.6 Å². The first-order chi connectivity index (χ1) is 6.06. The van der Waals surface area contributed by atoms with Gasteiger partial charge >= 0.3 is 5.97 Å². The van der Waals surface area contributed by atoms with Gasteiger partial charge < -0.3 is 15.1 Å². The van der Waals surface area contributed by atoms with Crippen molar-refractivity contribution in [3.05, 3.63) is 0 Å². The topological polar surface area (TPSA) is 77.8 Å². The summed E-state index contributed by atoms with van der Waals surface area (Å²) in [5, 5.41) is 17.9. The van der Waals surface area contributed by atoms with Crippen LogP contribution < -0.4 is 0 Å². The van der Waals surface area contributed by atoms with Crippen LogP contribution in [0.15, 0.2) is 0 Å². The summed E-state index contributed by atoms with van der Waals surface area (Å²) in [6, 6.07) is -0.850. The maximum atomic E-state index is 11.2. The summed E-state index contributed by atoms with van der Waals surface area (Å²) in [5.74, 6) is -1.28. The molecular formula is C7H10INO4. The van der Waals surface area contributed by atoms with E-state index in [1.165, 1.54) is 4.90 Å². The van der Waals surface area contributed by atoms with Crippen LogP contribution in [-0.2, 0) is 9.59 Å². The highest BCUT2D eigenvalue weighted by molar-refractivity contribution is 14.1. The molecule has 2 N–H and O–H groups in total. The van der Waals surface area contributed by atoms with Crippen molar-refractivity contribution in [3.63, 3.8) is 0 Å². The SMILES string of the molecule is O=C(O)[C@H]1C[C@H](O)CN1C(=O)CI. The second-order valence-corrected chi connectivity index (χ2v) is 3.69. The minimum Gasteiger partial charge on any atom is -0.480 e. The Bertz CT molecular complexity index is 233. The lowest BCUT2D eigenvalue weighted by Crippen LogP contribution is -2.41. The van der Waals surface area contributed by atoms with Crippen LogP contribution in [-0.4, -0.2) is 50.1 Å². The van der Waals surface area contributed by atoms with Gasteiger partial charge in [-0.2, -0.15) is 0 Å². The molecule has 13 heavy (non-hydrogen) atoms. The van der Waals surface area contributed by atoms with Crippen molar-refractivity contribution in [1.29, 1.82) is 0 Å². The Kier molecular flexibility index (Phi) is 3.48. The number of likely N-dealkylation sites (tertiary alicyclic amines) is 1. The van der Waals surface area contributed by atoms with E-state index in [4.69, 9.17) is 5.11 Å². The highest BCUT2D eigenvalue weighted by Crippen LogP contribution is 2.18. The van der Waals surface area contributed by atoms with Crippen LogP contribution in [0, 0.1) is 0 Å². The molecule has 6 heteroatoms. The van der Waals surface area contributed by atoms with Gasteiger partial charge in [-0.1, -0.05) is 22.6 Å². The maximum absolute atomic E-state index is 11.2. The van der Waals surface area contributed by atoms with Crippen molar-refractivity contribution >= 4 is 34.5 Å². The fraction of sp³-hybridized carbons (Fsp3) is 0.714. The Labute approximate surface area is 88.9 Å². The fourth-order valence-electron chi connectivity index (χ4n) is 1.40. The zero-order valence-electron chi connectivity index (χ0n) is 6.81. The molecule has 1 amide bonds. The van der Waals surface area contributed by atoms with Crippen LogP contribution in [0.1, 0.15) is 6.42 Å². The summed E-state index contributed by atoms with van der Waals surface area (Å²) < 4.78 is 0.244. The fourth-order valence-corrected chi connectivity index (χ4v) is 1.84. The Hall–Kier alpha value is -0.370. The number of carboxylic acid groups (broad SMARTS) is 1. The number of aliphatic carboxylic acids is 1. The number of alkyl halides is 1. The summed E-state index contributed by atoms with van der Waals surface area (Å²) >= 11 is 1.88. The molecule has 0 aromatic rings. The second-order valence-electron chi connectivity index (χ2n) is 2.92. The second kappa shape index (κ2) is 4.23. The number of carbonyl (C=O) groups is 2. The Morgan fingerprint density at radius 2 is 2.15 bits per heavy atom. The zero-order chi connectivity index (χ0) is 10.0. The normalized spacial score (nSPS) is 27.7. The van der Waals surface area contributed by atoms with Crippen LogP contribution in [0.5, 0.6) is 0 Å². The lowest BCUT2D eigenvalue weighted by atomic mass is 10.2. The van der Waals surface area contributed by atoms with E-state index in [9.17, 15) is 14.7 Å². The number of hydrogen-bond donors (Lipinski definition) is 2. The molecule has 5 nitrogen and oxygen atoms in total. The molecule has 1 saturated heterocycles. The molecule has 1 aliphatic rings. The van der Waals surface area contributed by atoms with Crippen LogP contribution in [0.3, 0.4) is 0 Å². The Morgan fingerprint density at radius 3 is 2.62 bits per heavy atom. The first kappa shape index (κ1) is 10.7. The standard InChI is InChI=1S/C7H10INO4/c8-2-6(11)9-3-4(10)1-5(9)7(12)13/h4-5,10H,1-3H2,(H,12,13)/t4-,5+/m0/s1. The number of halogens is 1. The molecule has 0 aromatic carbocycles. The third-order valence-corrected chi connectivity index (χ3v) is 2.65. The van der Waals surface area contributed by atoms with Gasteiger partial charge in [0.2, 0.25) is 5.91 Å². The number of nitrogens with zero attached hydrogens (tertiary/aromatic N) is 1. The number of carboxylic acids is 1. The van der Waals surface area contributed by atoms with Gasteiger partial charge in [0.1, 0.15) is 6.04 Å². The number of carbonyl (C=O) groups excluding carboxylic acids is 1. The van der Waals surface area contributed by atoms with Gasteiger partial charge in [-0.3, -0.25) is 4.79 Å². The predicted molar refractivity (Wildman–Crippen MR) is 52.6 cm³/mol. The Morgan fingerprint density at radius 1 is 1.54 bits per heavy atom. The monoisotopic (exact) mass is 299 g/mol. The summed E-state index contributed by atoms with van der Waals surface area (Å²) in [6.45, 7) is 0.138. The summed E-state index contributed by atoms with van der Waals surface area (Å²) in [4.78, 5) is 23.1. The van der Waals surface area contributed by atoms with E-state index in [1.54, 1.807) is 0 Å². The quantitative estimate of drug-likeness (QED) is 0.531. The average Bonchev–Trinajstić information content (AvgIpc) is 2.46. The van der Waals surface area contributed by atoms with Gasteiger partial charge in [-0.15, -0.1) is 0 Å². The molecule has 0 aromatic heterocycles. The molecule has 2 atom stereocenters. The van der Waals surface area contributed by atoms with Gasteiger partial charge in [0.25, 0.3) is 0 Å². The molecule has 0 aliphatic carbocycles. The summed E-state index contributed by atoms with van der Waals surface area (Å²) in [7, 11) is 0. The van der Waals surface area contributed by atoms with E-state index in [2.05, 4.69) is 0 Å². The van der Waals surface area contributed by atoms with Gasteiger partial charge in [0.15, 0.2) is 0 Å². The van der Waals surface area contributed by atoms with Gasteiger partial charge in [0, 0.05) is 13.0 Å². The average molecular weight is 299 g/mol. The van der Waals surface area contributed by atoms with Crippen molar-refractivity contribution in [3.8, 4) is 0 Å². The number of aliphatic hydroxyl groups excluding tert-OH is 1. The van der Waals surface area contributed by atoms with Gasteiger partial charge in [0.05, 0.1) is 10.5 Å². The van der Waals surface area contributed by atoms with Crippen LogP contribution in [0.4, 0.5) is 0 Å². The first-order valence-corrected chi connectivity index (χ1v) is 5.35. The molecule has 0 unspecified atom stereocenters. The van der Waals surface area contributed by atoms with Crippen molar-refractivity contribution < 1.29 is 19.8 Å². The molecule has 1 heterocycles. The number of hydrogen-bond acceptors (Lipinski definition) is 3. The molecule has 74 valence electrons. The van der Waals surface area contributed by atoms with E-state index in [0.717, 1.165) is 0 Å². The smallest absolute Gasteiger partial charge is 0.326 e. The van der Waals surface area contributed by atoms with E-state index >= 15 is 0 Å². The molecule has 1 rings (SSSR count). The number of rotatable bonds is 2. The molecule has 0 bridgehead atoms. The highest BCUT2D eigenvalue weighted by atomic mass is 127. The molecule has 0 saturated carbocycles. The molecule has 1 aliphatic heterocycles. The largest absolute Gasteiger partial charge is 0.480 e. The summed E-state index contributed by atoms with van der Waals surface area (Å²) in [5.41, 5.74) is 0. The highest BCUT2D eigenvalue weighted by Gasteiger charge is 2.38. The van der Waals surface area contributed by atoms with Crippen LogP contribution in [0.25, 0.3) is 0 Å². The Balaban J connectivity index is 2.71. The van der Waals surface area contributed by atoms with Gasteiger partial charge in [-0.25, -0.2) is 4.79 Å². The van der Waals surface area contributed by atoms with Crippen LogP contribution in [0.2, 0.25) is 0 Å². The third kappa shape index (κ3) is 2.31. The maximum Gasteiger partial charge on any atom is 0.326 e. The van der Waals surface area contributed by atoms with E-state index in [1.807, 2.05) is 22.6 Å². The number of amides is 1. The lowest BCUT2D eigenvalue weighted by molar-refractivity contribution is -0.147. The van der Waals surface area contributed by atoms with Gasteiger partial charge in [-0.05, 0) is 0 Å². The first-order valence-electron chi connectivity index (χ1n) is 3.82. The van der Waals surface area contributed by atoms with Crippen molar-refractivity contribution in [1.82, 2.24) is 4.90 Å². The van der Waals surface area contributed by atoms with Crippen LogP contribution >= 0.6 is 22.6 Å².